The summed E-state index contributed by atoms with van der Waals surface area (Å²) in [6.45, 7) is 0. The molecule has 26 heavy (non-hydrogen) atoms. The first-order chi connectivity index (χ1) is 12.5. The van der Waals surface area contributed by atoms with Gasteiger partial charge in [0.25, 0.3) is 0 Å². The van der Waals surface area contributed by atoms with E-state index in [1.165, 1.54) is 0 Å². The van der Waals surface area contributed by atoms with Crippen LogP contribution in [0.15, 0.2) is 67.1 Å². The summed E-state index contributed by atoms with van der Waals surface area (Å²) in [4.78, 5) is 8.52. The number of pyridine rings is 1. The van der Waals surface area contributed by atoms with Gasteiger partial charge in [0.1, 0.15) is 0 Å². The van der Waals surface area contributed by atoms with Crippen LogP contribution in [0, 0.1) is 0 Å². The standard InChI is InChI=1S/C18H15N5O2S/c1-26(24,25)22-15-6-2-4-13(10-15)16-7-8-18-20-12-17(23(18)21-16)14-5-3-9-19-11-14/h2-12,22H,1H3. The Morgan fingerprint density at radius 1 is 1.00 bits per heavy atom. The maximum Gasteiger partial charge on any atom is 0.229 e. The minimum absolute atomic E-state index is 0.491. The van der Waals surface area contributed by atoms with E-state index < -0.39 is 10.0 Å². The van der Waals surface area contributed by atoms with Gasteiger partial charge in [0.2, 0.25) is 10.0 Å². The summed E-state index contributed by atoms with van der Waals surface area (Å²) < 4.78 is 27.1. The monoisotopic (exact) mass is 365 g/mol. The van der Waals surface area contributed by atoms with Crippen LogP contribution >= 0.6 is 0 Å². The molecule has 4 aromatic rings. The number of anilines is 1. The van der Waals surface area contributed by atoms with Crippen molar-refractivity contribution in [2.75, 3.05) is 11.0 Å². The van der Waals surface area contributed by atoms with Gasteiger partial charge in [-0.3, -0.25) is 9.71 Å². The summed E-state index contributed by atoms with van der Waals surface area (Å²) >= 11 is 0. The molecule has 0 radical (unpaired) electrons. The lowest BCUT2D eigenvalue weighted by Gasteiger charge is -2.07. The van der Waals surface area contributed by atoms with Crippen molar-refractivity contribution in [3.05, 3.63) is 67.1 Å². The average Bonchev–Trinajstić information content (AvgIpc) is 3.04. The van der Waals surface area contributed by atoms with Crippen molar-refractivity contribution in [3.63, 3.8) is 0 Å². The van der Waals surface area contributed by atoms with E-state index in [1.54, 1.807) is 41.3 Å². The van der Waals surface area contributed by atoms with Crippen LogP contribution in [0.1, 0.15) is 0 Å². The zero-order valence-corrected chi connectivity index (χ0v) is 14.7. The lowest BCUT2D eigenvalue weighted by atomic mass is 10.1. The third kappa shape index (κ3) is 3.27. The molecule has 0 saturated heterocycles. The van der Waals surface area contributed by atoms with Crippen LogP contribution < -0.4 is 4.72 Å². The van der Waals surface area contributed by atoms with Gasteiger partial charge >= 0.3 is 0 Å². The molecule has 130 valence electrons. The molecule has 0 aliphatic rings. The van der Waals surface area contributed by atoms with Gasteiger partial charge in [-0.2, -0.15) is 5.10 Å². The fraction of sp³-hybridized carbons (Fsp3) is 0.0556. The summed E-state index contributed by atoms with van der Waals surface area (Å²) in [5, 5.41) is 4.67. The van der Waals surface area contributed by atoms with E-state index in [1.807, 2.05) is 30.3 Å². The molecule has 1 N–H and O–H groups in total. The molecule has 0 unspecified atom stereocenters. The molecular weight excluding hydrogens is 350 g/mol. The van der Waals surface area contributed by atoms with E-state index in [4.69, 9.17) is 0 Å². The van der Waals surface area contributed by atoms with Crippen LogP contribution in [0.3, 0.4) is 0 Å². The van der Waals surface area contributed by atoms with Gasteiger partial charge in [-0.25, -0.2) is 17.9 Å². The highest BCUT2D eigenvalue weighted by molar-refractivity contribution is 7.92. The molecule has 0 atom stereocenters. The van der Waals surface area contributed by atoms with Crippen LogP contribution in [0.2, 0.25) is 0 Å². The fourth-order valence-electron chi connectivity index (χ4n) is 2.69. The number of fused-ring (bicyclic) bond motifs is 1. The van der Waals surface area contributed by atoms with Crippen LogP contribution in [0.4, 0.5) is 5.69 Å². The van der Waals surface area contributed by atoms with Crippen LogP contribution in [0.25, 0.3) is 28.2 Å². The quantitative estimate of drug-likeness (QED) is 0.601. The number of hydrogen-bond donors (Lipinski definition) is 1. The predicted molar refractivity (Wildman–Crippen MR) is 100 cm³/mol. The lowest BCUT2D eigenvalue weighted by Crippen LogP contribution is -2.09. The number of sulfonamides is 1. The van der Waals surface area contributed by atoms with E-state index in [9.17, 15) is 8.42 Å². The molecule has 3 aromatic heterocycles. The minimum atomic E-state index is -3.34. The molecule has 0 bridgehead atoms. The van der Waals surface area contributed by atoms with Crippen molar-refractivity contribution in [2.45, 2.75) is 0 Å². The van der Waals surface area contributed by atoms with Gasteiger partial charge < -0.3 is 0 Å². The molecule has 4 rings (SSSR count). The average molecular weight is 365 g/mol. The number of aromatic nitrogens is 4. The molecular formula is C18H15N5O2S. The van der Waals surface area contributed by atoms with E-state index >= 15 is 0 Å². The van der Waals surface area contributed by atoms with Crippen LogP contribution in [-0.2, 0) is 10.0 Å². The Hall–Kier alpha value is -3.26. The summed E-state index contributed by atoms with van der Waals surface area (Å²) in [7, 11) is -3.34. The normalized spacial score (nSPS) is 11.6. The first kappa shape index (κ1) is 16.2. The summed E-state index contributed by atoms with van der Waals surface area (Å²) in [6.07, 6.45) is 6.35. The predicted octanol–water partition coefficient (Wildman–Crippen LogP) is 2.83. The molecule has 3 heterocycles. The Morgan fingerprint density at radius 2 is 1.85 bits per heavy atom. The molecule has 0 fully saturated rings. The van der Waals surface area contributed by atoms with Crippen molar-refractivity contribution in [3.8, 4) is 22.5 Å². The SMILES string of the molecule is CS(=O)(=O)Nc1cccc(-c2ccc3ncc(-c4cccnc4)n3n2)c1. The van der Waals surface area contributed by atoms with E-state index in [2.05, 4.69) is 19.8 Å². The second kappa shape index (κ2) is 6.23. The Kier molecular flexibility index (Phi) is 3.89. The Bertz CT molecular complexity index is 1190. The van der Waals surface area contributed by atoms with Crippen molar-refractivity contribution in [1.29, 1.82) is 0 Å². The zero-order chi connectivity index (χ0) is 18.1. The highest BCUT2D eigenvalue weighted by Crippen LogP contribution is 2.24. The molecule has 0 aliphatic carbocycles. The molecule has 7 nitrogen and oxygen atoms in total. The Balaban J connectivity index is 1.80. The van der Waals surface area contributed by atoms with E-state index in [-0.39, 0.29) is 0 Å². The van der Waals surface area contributed by atoms with Crippen LogP contribution in [0.5, 0.6) is 0 Å². The summed E-state index contributed by atoms with van der Waals surface area (Å²) in [6, 6.07) is 14.6. The highest BCUT2D eigenvalue weighted by Gasteiger charge is 2.10. The number of hydrogen-bond acceptors (Lipinski definition) is 5. The smallest absolute Gasteiger partial charge is 0.229 e. The maximum absolute atomic E-state index is 11.4. The zero-order valence-electron chi connectivity index (χ0n) is 13.9. The van der Waals surface area contributed by atoms with Gasteiger partial charge in [0.15, 0.2) is 5.65 Å². The van der Waals surface area contributed by atoms with Gasteiger partial charge in [0.05, 0.1) is 23.8 Å². The van der Waals surface area contributed by atoms with Gasteiger partial charge in [-0.1, -0.05) is 12.1 Å². The largest absolute Gasteiger partial charge is 0.284 e. The second-order valence-electron chi connectivity index (χ2n) is 5.83. The number of nitrogens with one attached hydrogen (secondary N) is 1. The molecule has 0 aliphatic heterocycles. The maximum atomic E-state index is 11.4. The van der Waals surface area contributed by atoms with Crippen molar-refractivity contribution < 1.29 is 8.42 Å². The third-order valence-corrected chi connectivity index (χ3v) is 4.39. The van der Waals surface area contributed by atoms with Crippen molar-refractivity contribution >= 4 is 21.4 Å². The van der Waals surface area contributed by atoms with E-state index in [0.717, 1.165) is 28.7 Å². The minimum Gasteiger partial charge on any atom is -0.284 e. The van der Waals surface area contributed by atoms with Gasteiger partial charge in [-0.15, -0.1) is 0 Å². The molecule has 0 spiro atoms. The Labute approximate surface area is 150 Å². The highest BCUT2D eigenvalue weighted by atomic mass is 32.2. The number of nitrogens with zero attached hydrogens (tertiary/aromatic N) is 4. The molecule has 8 heteroatoms. The molecule has 1 aromatic carbocycles. The summed E-state index contributed by atoms with van der Waals surface area (Å²) in [5.74, 6) is 0. The molecule has 0 amide bonds. The van der Waals surface area contributed by atoms with Crippen LogP contribution in [-0.4, -0.2) is 34.3 Å². The third-order valence-electron chi connectivity index (χ3n) is 3.78. The number of rotatable bonds is 4. The molecule has 0 saturated carbocycles. The number of imidazole rings is 1. The first-order valence-corrected chi connectivity index (χ1v) is 9.72. The summed E-state index contributed by atoms with van der Waals surface area (Å²) in [5.41, 5.74) is 4.46. The lowest BCUT2D eigenvalue weighted by molar-refractivity contribution is 0.607. The second-order valence-corrected chi connectivity index (χ2v) is 7.58. The number of benzene rings is 1. The van der Waals surface area contributed by atoms with Crippen molar-refractivity contribution in [2.24, 2.45) is 0 Å². The van der Waals surface area contributed by atoms with Crippen molar-refractivity contribution in [1.82, 2.24) is 19.6 Å². The van der Waals surface area contributed by atoms with Gasteiger partial charge in [0, 0.05) is 29.2 Å². The Morgan fingerprint density at radius 3 is 2.62 bits per heavy atom. The van der Waals surface area contributed by atoms with Gasteiger partial charge in [-0.05, 0) is 36.4 Å². The first-order valence-electron chi connectivity index (χ1n) is 7.83. The van der Waals surface area contributed by atoms with E-state index in [0.29, 0.717) is 11.4 Å². The topological polar surface area (TPSA) is 89.2 Å². The fourth-order valence-corrected chi connectivity index (χ4v) is 3.25.